The summed E-state index contributed by atoms with van der Waals surface area (Å²) in [5, 5.41) is 12.9. The maximum atomic E-state index is 12.5. The number of carboxylic acid groups (broad SMARTS) is 1. The molecule has 0 aliphatic carbocycles. The van der Waals surface area contributed by atoms with Gasteiger partial charge in [-0.05, 0) is 42.5 Å². The molecule has 1 aliphatic rings. The monoisotopic (exact) mass is 406 g/mol. The first-order valence-electron chi connectivity index (χ1n) is 8.79. The second kappa shape index (κ2) is 8.74. The second-order valence-electron chi connectivity index (χ2n) is 6.63. The van der Waals surface area contributed by atoms with Crippen LogP contribution in [0.15, 0.2) is 48.5 Å². The Morgan fingerprint density at radius 1 is 1.04 bits per heavy atom. The fraction of sp³-hybridized carbons (Fsp3) is 0.300. The topological polar surface area (TPSA) is 64.9 Å². The van der Waals surface area contributed by atoms with Gasteiger partial charge in [0.05, 0.1) is 38.6 Å². The van der Waals surface area contributed by atoms with Crippen LogP contribution in [-0.4, -0.2) is 44.0 Å². The van der Waals surface area contributed by atoms with Crippen molar-refractivity contribution in [2.24, 2.45) is 0 Å². The minimum Gasteiger partial charge on any atom is -0.544 e. The Labute approximate surface area is 168 Å². The van der Waals surface area contributed by atoms with Gasteiger partial charge in [-0.1, -0.05) is 29.3 Å². The molecular weight excluding hydrogens is 387 g/mol. The van der Waals surface area contributed by atoms with Crippen LogP contribution in [0.4, 0.5) is 5.69 Å². The molecule has 142 valence electrons. The first kappa shape index (κ1) is 19.7. The van der Waals surface area contributed by atoms with Crippen LogP contribution >= 0.6 is 23.2 Å². The summed E-state index contributed by atoms with van der Waals surface area (Å²) in [4.78, 5) is 27.2. The molecule has 0 radical (unpaired) electrons. The number of nitrogens with zero attached hydrogens (tertiary/aromatic N) is 1. The quantitative estimate of drug-likeness (QED) is 0.729. The van der Waals surface area contributed by atoms with Gasteiger partial charge in [0.2, 0.25) is 0 Å². The van der Waals surface area contributed by atoms with Gasteiger partial charge >= 0.3 is 0 Å². The number of carbonyl (C=O) groups excluding carboxylic acids is 2. The highest BCUT2D eigenvalue weighted by Crippen LogP contribution is 2.19. The molecule has 7 heteroatoms. The Morgan fingerprint density at radius 2 is 1.70 bits per heavy atom. The van der Waals surface area contributed by atoms with E-state index in [1.165, 1.54) is 0 Å². The Bertz CT molecular complexity index is 818. The number of rotatable bonds is 6. The molecule has 2 aromatic carbocycles. The number of hydrogen-bond acceptors (Lipinski definition) is 4. The molecule has 2 aromatic rings. The largest absolute Gasteiger partial charge is 0.544 e. The molecule has 3 rings (SSSR count). The molecule has 0 spiro atoms. The molecule has 1 atom stereocenters. The van der Waals surface area contributed by atoms with E-state index in [-0.39, 0.29) is 12.2 Å². The Balaban J connectivity index is 1.63. The van der Waals surface area contributed by atoms with Crippen molar-refractivity contribution in [2.75, 3.05) is 31.1 Å². The predicted molar refractivity (Wildman–Crippen MR) is 104 cm³/mol. The highest BCUT2D eigenvalue weighted by molar-refractivity contribution is 6.31. The van der Waals surface area contributed by atoms with Crippen LogP contribution in [0.5, 0.6) is 0 Å². The summed E-state index contributed by atoms with van der Waals surface area (Å²) in [6.45, 7) is 2.60. The standard InChI is InChI=1S/C20H20Cl2N2O3/c21-15-6-4-14(5-7-15)19(25)13-18(20(26)27)24-10-8-23(9-11-24)17-3-1-2-16(22)12-17/h1-7,12,18H,8-11,13H2,(H,26,27)/t18-/m1/s1. The van der Waals surface area contributed by atoms with Crippen LogP contribution in [0.2, 0.25) is 10.0 Å². The first-order chi connectivity index (χ1) is 12.9. The summed E-state index contributed by atoms with van der Waals surface area (Å²) in [5.74, 6) is -1.41. The van der Waals surface area contributed by atoms with E-state index in [0.29, 0.717) is 41.8 Å². The fourth-order valence-electron chi connectivity index (χ4n) is 3.41. The van der Waals surface area contributed by atoms with Gasteiger partial charge in [0.25, 0.3) is 0 Å². The van der Waals surface area contributed by atoms with Gasteiger partial charge in [-0.15, -0.1) is 0 Å². The number of carbonyl (C=O) groups is 2. The lowest BCUT2D eigenvalue weighted by Gasteiger charge is -2.37. The van der Waals surface area contributed by atoms with E-state index >= 15 is 0 Å². The Kier molecular flexibility index (Phi) is 6.37. The van der Waals surface area contributed by atoms with Gasteiger partial charge in [0, 0.05) is 21.3 Å². The normalized spacial score (nSPS) is 16.1. The van der Waals surface area contributed by atoms with E-state index in [1.807, 2.05) is 24.3 Å². The molecule has 1 fully saturated rings. The van der Waals surface area contributed by atoms with Crippen molar-refractivity contribution in [1.82, 2.24) is 0 Å². The van der Waals surface area contributed by atoms with Crippen molar-refractivity contribution >= 4 is 40.6 Å². The zero-order valence-corrected chi connectivity index (χ0v) is 16.2. The lowest BCUT2D eigenvalue weighted by atomic mass is 10.0. The zero-order chi connectivity index (χ0) is 19.4. The summed E-state index contributed by atoms with van der Waals surface area (Å²) >= 11 is 11.9. The number of quaternary nitrogens is 1. The third-order valence-corrected chi connectivity index (χ3v) is 5.40. The molecule has 1 aliphatic heterocycles. The van der Waals surface area contributed by atoms with Crippen molar-refractivity contribution in [3.63, 3.8) is 0 Å². The Hall–Kier alpha value is -2.08. The number of ketones is 1. The number of benzene rings is 2. The van der Waals surface area contributed by atoms with Crippen molar-refractivity contribution < 1.29 is 19.6 Å². The van der Waals surface area contributed by atoms with Crippen LogP contribution in [0.25, 0.3) is 0 Å². The number of anilines is 1. The van der Waals surface area contributed by atoms with Crippen LogP contribution in [-0.2, 0) is 4.79 Å². The van der Waals surface area contributed by atoms with Crippen molar-refractivity contribution in [3.05, 3.63) is 64.1 Å². The first-order valence-corrected chi connectivity index (χ1v) is 9.54. The van der Waals surface area contributed by atoms with Crippen LogP contribution < -0.4 is 14.9 Å². The van der Waals surface area contributed by atoms with Crippen LogP contribution in [0.1, 0.15) is 16.8 Å². The van der Waals surface area contributed by atoms with Gasteiger partial charge in [-0.3, -0.25) is 4.79 Å². The number of nitrogens with one attached hydrogen (secondary N) is 1. The number of hydrogen-bond donors (Lipinski definition) is 1. The number of halogens is 2. The van der Waals surface area contributed by atoms with Crippen LogP contribution in [0.3, 0.4) is 0 Å². The lowest BCUT2D eigenvalue weighted by Crippen LogP contribution is -3.19. The number of carboxylic acids is 1. The maximum Gasteiger partial charge on any atom is 0.169 e. The van der Waals surface area contributed by atoms with E-state index in [1.54, 1.807) is 24.3 Å². The molecule has 1 saturated heterocycles. The van der Waals surface area contributed by atoms with Gasteiger partial charge < -0.3 is 19.7 Å². The Morgan fingerprint density at radius 3 is 2.30 bits per heavy atom. The SMILES string of the molecule is O=C(C[C@H](C(=O)[O-])[NH+]1CCN(c2cccc(Cl)c2)CC1)c1ccc(Cl)cc1. The smallest absolute Gasteiger partial charge is 0.169 e. The van der Waals surface area contributed by atoms with E-state index in [0.717, 1.165) is 10.6 Å². The van der Waals surface area contributed by atoms with E-state index < -0.39 is 12.0 Å². The molecular formula is C20H20Cl2N2O3. The fourth-order valence-corrected chi connectivity index (χ4v) is 3.72. The average molecular weight is 407 g/mol. The lowest BCUT2D eigenvalue weighted by molar-refractivity contribution is -0.918. The average Bonchev–Trinajstić information content (AvgIpc) is 2.66. The van der Waals surface area contributed by atoms with E-state index in [4.69, 9.17) is 23.2 Å². The highest BCUT2D eigenvalue weighted by atomic mass is 35.5. The molecule has 1 N–H and O–H groups in total. The molecule has 1 heterocycles. The van der Waals surface area contributed by atoms with Crippen LogP contribution in [0, 0.1) is 0 Å². The number of aliphatic carboxylic acids is 1. The molecule has 0 unspecified atom stereocenters. The summed E-state index contributed by atoms with van der Waals surface area (Å²) < 4.78 is 0. The second-order valence-corrected chi connectivity index (χ2v) is 7.50. The minimum atomic E-state index is -1.19. The van der Waals surface area contributed by atoms with E-state index in [2.05, 4.69) is 4.90 Å². The maximum absolute atomic E-state index is 12.5. The summed E-state index contributed by atoms with van der Waals surface area (Å²) in [7, 11) is 0. The molecule has 27 heavy (non-hydrogen) atoms. The van der Waals surface area contributed by atoms with Gasteiger partial charge in [-0.2, -0.15) is 0 Å². The van der Waals surface area contributed by atoms with Gasteiger partial charge in [-0.25, -0.2) is 0 Å². The summed E-state index contributed by atoms with van der Waals surface area (Å²) in [6.07, 6.45) is -0.0868. The number of Topliss-reactive ketones (excluding diaryl/α,β-unsaturated/α-hetero) is 1. The highest BCUT2D eigenvalue weighted by Gasteiger charge is 2.30. The molecule has 5 nitrogen and oxygen atoms in total. The van der Waals surface area contributed by atoms with Gasteiger partial charge in [0.15, 0.2) is 5.78 Å². The predicted octanol–water partition coefficient (Wildman–Crippen LogP) is 1.09. The van der Waals surface area contributed by atoms with Crippen molar-refractivity contribution in [3.8, 4) is 0 Å². The number of piperazine rings is 1. The summed E-state index contributed by atoms with van der Waals surface area (Å²) in [5.41, 5.74) is 1.48. The van der Waals surface area contributed by atoms with E-state index in [9.17, 15) is 14.7 Å². The molecule has 0 bridgehead atoms. The minimum absolute atomic E-state index is 0.0868. The zero-order valence-electron chi connectivity index (χ0n) is 14.7. The summed E-state index contributed by atoms with van der Waals surface area (Å²) in [6, 6.07) is 13.2. The third-order valence-electron chi connectivity index (χ3n) is 4.91. The van der Waals surface area contributed by atoms with Gasteiger partial charge in [0.1, 0.15) is 6.04 Å². The van der Waals surface area contributed by atoms with Crippen molar-refractivity contribution in [1.29, 1.82) is 0 Å². The molecule has 0 saturated carbocycles. The molecule has 0 aromatic heterocycles. The third kappa shape index (κ3) is 5.01. The van der Waals surface area contributed by atoms with Crippen molar-refractivity contribution in [2.45, 2.75) is 12.5 Å². The molecule has 0 amide bonds.